The first-order valence-corrected chi connectivity index (χ1v) is 7.93. The Labute approximate surface area is 134 Å². The Kier molecular flexibility index (Phi) is 4.32. The first-order valence-electron chi connectivity index (χ1n) is 7.93. The minimum absolute atomic E-state index is 0.0272. The molecule has 1 aromatic carbocycles. The maximum Gasteiger partial charge on any atom is 0.306 e. The van der Waals surface area contributed by atoms with Crippen molar-refractivity contribution in [3.8, 4) is 0 Å². The molecule has 0 unspecified atom stereocenters. The average molecular weight is 316 g/mol. The van der Waals surface area contributed by atoms with Gasteiger partial charge in [0.15, 0.2) is 0 Å². The lowest BCUT2D eigenvalue weighted by atomic mass is 9.95. The fourth-order valence-corrected chi connectivity index (χ4v) is 3.34. The summed E-state index contributed by atoms with van der Waals surface area (Å²) in [6.45, 7) is 1.33. The van der Waals surface area contributed by atoms with Gasteiger partial charge in [0.05, 0.1) is 11.8 Å². The second-order valence-electron chi connectivity index (χ2n) is 6.18. The van der Waals surface area contributed by atoms with E-state index in [2.05, 4.69) is 0 Å². The third-order valence-electron chi connectivity index (χ3n) is 4.70. The molecular weight excluding hydrogens is 296 g/mol. The standard InChI is InChI=1S/C17H20N2O4/c20-15-10-13(11-19(15)14-4-2-1-3-5-14)16(21)18-8-6-12(7-9-18)17(22)23/h1-5,12-13H,6-11H2,(H,22,23)/t13-/m1/s1. The quantitative estimate of drug-likeness (QED) is 0.913. The highest BCUT2D eigenvalue weighted by Gasteiger charge is 2.38. The molecule has 0 aromatic heterocycles. The molecule has 122 valence electrons. The summed E-state index contributed by atoms with van der Waals surface area (Å²) in [7, 11) is 0. The number of carbonyl (C=O) groups excluding carboxylic acids is 2. The lowest BCUT2D eigenvalue weighted by Crippen LogP contribution is -2.43. The van der Waals surface area contributed by atoms with E-state index in [1.807, 2.05) is 30.3 Å². The van der Waals surface area contributed by atoms with Crippen LogP contribution < -0.4 is 4.90 Å². The number of piperidine rings is 1. The van der Waals surface area contributed by atoms with Gasteiger partial charge in [0.2, 0.25) is 11.8 Å². The van der Waals surface area contributed by atoms with E-state index < -0.39 is 5.97 Å². The number of carbonyl (C=O) groups is 3. The Balaban J connectivity index is 1.61. The van der Waals surface area contributed by atoms with Gasteiger partial charge >= 0.3 is 5.97 Å². The first-order chi connectivity index (χ1) is 11.1. The maximum absolute atomic E-state index is 12.6. The smallest absolute Gasteiger partial charge is 0.306 e. The van der Waals surface area contributed by atoms with Crippen molar-refractivity contribution < 1.29 is 19.5 Å². The van der Waals surface area contributed by atoms with Crippen molar-refractivity contribution in [1.29, 1.82) is 0 Å². The van der Waals surface area contributed by atoms with Gasteiger partial charge in [-0.05, 0) is 25.0 Å². The van der Waals surface area contributed by atoms with Gasteiger partial charge in [-0.3, -0.25) is 14.4 Å². The molecule has 0 spiro atoms. The van der Waals surface area contributed by atoms with Crippen molar-refractivity contribution in [2.45, 2.75) is 19.3 Å². The largest absolute Gasteiger partial charge is 0.481 e. The Morgan fingerprint density at radius 3 is 2.30 bits per heavy atom. The Morgan fingerprint density at radius 2 is 1.70 bits per heavy atom. The summed E-state index contributed by atoms with van der Waals surface area (Å²) in [6.07, 6.45) is 1.21. The second-order valence-corrected chi connectivity index (χ2v) is 6.18. The molecule has 2 saturated heterocycles. The molecule has 2 heterocycles. The van der Waals surface area contributed by atoms with Crippen LogP contribution in [0, 0.1) is 11.8 Å². The number of aliphatic carboxylic acids is 1. The van der Waals surface area contributed by atoms with Crippen LogP contribution >= 0.6 is 0 Å². The lowest BCUT2D eigenvalue weighted by Gasteiger charge is -2.31. The van der Waals surface area contributed by atoms with E-state index in [0.29, 0.717) is 32.5 Å². The van der Waals surface area contributed by atoms with Crippen LogP contribution in [0.25, 0.3) is 0 Å². The number of likely N-dealkylation sites (tertiary alicyclic amines) is 1. The van der Waals surface area contributed by atoms with Gasteiger partial charge in [0.25, 0.3) is 0 Å². The lowest BCUT2D eigenvalue weighted by molar-refractivity contribution is -0.146. The molecule has 2 aliphatic heterocycles. The molecule has 6 heteroatoms. The predicted octanol–water partition coefficient (Wildman–Crippen LogP) is 1.36. The molecule has 0 aliphatic carbocycles. The molecule has 3 rings (SSSR count). The highest BCUT2D eigenvalue weighted by Crippen LogP contribution is 2.27. The summed E-state index contributed by atoms with van der Waals surface area (Å²) in [5.74, 6) is -1.53. The maximum atomic E-state index is 12.6. The van der Waals surface area contributed by atoms with Crippen LogP contribution in [0.4, 0.5) is 5.69 Å². The number of hydrogen-bond acceptors (Lipinski definition) is 3. The number of nitrogens with zero attached hydrogens (tertiary/aromatic N) is 2. The van der Waals surface area contributed by atoms with Crippen molar-refractivity contribution in [2.75, 3.05) is 24.5 Å². The van der Waals surface area contributed by atoms with E-state index >= 15 is 0 Å². The topological polar surface area (TPSA) is 77.9 Å². The highest BCUT2D eigenvalue weighted by molar-refractivity contribution is 6.00. The van der Waals surface area contributed by atoms with Crippen molar-refractivity contribution >= 4 is 23.5 Å². The zero-order valence-electron chi connectivity index (χ0n) is 12.9. The number of amides is 2. The van der Waals surface area contributed by atoms with Gasteiger partial charge in [-0.15, -0.1) is 0 Å². The number of para-hydroxylation sites is 1. The number of rotatable bonds is 3. The monoisotopic (exact) mass is 316 g/mol. The van der Waals surface area contributed by atoms with Gasteiger partial charge in [-0.2, -0.15) is 0 Å². The van der Waals surface area contributed by atoms with Gasteiger partial charge in [0.1, 0.15) is 0 Å². The Bertz CT molecular complexity index is 608. The van der Waals surface area contributed by atoms with E-state index in [9.17, 15) is 14.4 Å². The highest BCUT2D eigenvalue weighted by atomic mass is 16.4. The van der Waals surface area contributed by atoms with Crippen LogP contribution in [-0.4, -0.2) is 47.4 Å². The van der Waals surface area contributed by atoms with Crippen molar-refractivity contribution in [3.63, 3.8) is 0 Å². The van der Waals surface area contributed by atoms with Crippen LogP contribution in [0.2, 0.25) is 0 Å². The normalized spacial score (nSPS) is 22.4. The van der Waals surface area contributed by atoms with Crippen LogP contribution in [0.3, 0.4) is 0 Å². The fourth-order valence-electron chi connectivity index (χ4n) is 3.34. The van der Waals surface area contributed by atoms with Crippen LogP contribution in [0.5, 0.6) is 0 Å². The Morgan fingerprint density at radius 1 is 1.04 bits per heavy atom. The zero-order chi connectivity index (χ0) is 16.4. The molecule has 0 bridgehead atoms. The Hall–Kier alpha value is -2.37. The minimum atomic E-state index is -0.789. The van der Waals surface area contributed by atoms with Gasteiger partial charge in [-0.25, -0.2) is 0 Å². The third-order valence-corrected chi connectivity index (χ3v) is 4.70. The molecule has 1 aromatic rings. The van der Waals surface area contributed by atoms with E-state index in [4.69, 9.17) is 5.11 Å². The van der Waals surface area contributed by atoms with E-state index in [-0.39, 0.29) is 30.1 Å². The predicted molar refractivity (Wildman–Crippen MR) is 83.8 cm³/mol. The summed E-state index contributed by atoms with van der Waals surface area (Å²) in [5.41, 5.74) is 0.817. The average Bonchev–Trinajstić information content (AvgIpc) is 2.97. The summed E-state index contributed by atoms with van der Waals surface area (Å²) >= 11 is 0. The van der Waals surface area contributed by atoms with Gasteiger partial charge < -0.3 is 14.9 Å². The zero-order valence-corrected chi connectivity index (χ0v) is 12.9. The van der Waals surface area contributed by atoms with E-state index in [0.717, 1.165) is 5.69 Å². The molecule has 0 radical (unpaired) electrons. The molecule has 2 fully saturated rings. The summed E-state index contributed by atoms with van der Waals surface area (Å²) in [4.78, 5) is 39.1. The summed E-state index contributed by atoms with van der Waals surface area (Å²) in [6, 6.07) is 9.36. The molecule has 2 amide bonds. The van der Waals surface area contributed by atoms with Crippen molar-refractivity contribution in [1.82, 2.24) is 4.90 Å². The molecule has 0 saturated carbocycles. The summed E-state index contributed by atoms with van der Waals surface area (Å²) < 4.78 is 0. The first kappa shape index (κ1) is 15.5. The van der Waals surface area contributed by atoms with Crippen molar-refractivity contribution in [2.24, 2.45) is 11.8 Å². The molecular formula is C17H20N2O4. The van der Waals surface area contributed by atoms with Crippen LogP contribution in [0.15, 0.2) is 30.3 Å². The third kappa shape index (κ3) is 3.21. The van der Waals surface area contributed by atoms with E-state index in [1.54, 1.807) is 9.80 Å². The molecule has 1 atom stereocenters. The SMILES string of the molecule is O=C(O)C1CCN(C(=O)[C@@H]2CC(=O)N(c3ccccc3)C2)CC1. The number of benzene rings is 1. The van der Waals surface area contributed by atoms with Gasteiger partial charge in [0, 0.05) is 31.7 Å². The number of hydrogen-bond donors (Lipinski definition) is 1. The molecule has 1 N–H and O–H groups in total. The molecule has 2 aliphatic rings. The number of carboxylic acid groups (broad SMARTS) is 1. The number of anilines is 1. The van der Waals surface area contributed by atoms with E-state index in [1.165, 1.54) is 0 Å². The van der Waals surface area contributed by atoms with Gasteiger partial charge in [-0.1, -0.05) is 18.2 Å². The molecule has 23 heavy (non-hydrogen) atoms. The minimum Gasteiger partial charge on any atom is -0.481 e. The van der Waals surface area contributed by atoms with Crippen molar-refractivity contribution in [3.05, 3.63) is 30.3 Å². The van der Waals surface area contributed by atoms with Crippen LogP contribution in [-0.2, 0) is 14.4 Å². The number of carboxylic acids is 1. The molecule has 6 nitrogen and oxygen atoms in total. The summed E-state index contributed by atoms with van der Waals surface area (Å²) in [5, 5.41) is 9.02. The fraction of sp³-hybridized carbons (Fsp3) is 0.471. The second kappa shape index (κ2) is 6.40. The van der Waals surface area contributed by atoms with Crippen LogP contribution in [0.1, 0.15) is 19.3 Å².